The van der Waals surface area contributed by atoms with Crippen molar-refractivity contribution in [3.05, 3.63) is 89.7 Å². The molecule has 0 radical (unpaired) electrons. The number of hydrogen-bond acceptors (Lipinski definition) is 0. The average molecular weight is 309 g/mol. The Morgan fingerprint density at radius 2 is 1.09 bits per heavy atom. The summed E-state index contributed by atoms with van der Waals surface area (Å²) >= 11 is 0. The van der Waals surface area contributed by atoms with E-state index in [4.69, 9.17) is 0 Å². The van der Waals surface area contributed by atoms with E-state index in [0.717, 1.165) is 14.7 Å². The van der Waals surface area contributed by atoms with Crippen molar-refractivity contribution in [3.8, 4) is 0 Å². The van der Waals surface area contributed by atoms with Crippen LogP contribution >= 0.6 is 0 Å². The van der Waals surface area contributed by atoms with E-state index in [1.54, 1.807) is 6.07 Å². The summed E-state index contributed by atoms with van der Waals surface area (Å²) in [5, 5.41) is 0. The van der Waals surface area contributed by atoms with Crippen molar-refractivity contribution in [3.63, 3.8) is 0 Å². The van der Waals surface area contributed by atoms with Gasteiger partial charge in [0, 0.05) is 0 Å². The normalized spacial score (nSPS) is 10.9. The first kappa shape index (κ1) is 14.9. The third-order valence-corrected chi connectivity index (χ3v) is 5.83. The SMILES string of the molecule is Cc1ccc([S+](c2ccc(C)cc2)c2ccccc2F)cc1. The van der Waals surface area contributed by atoms with Gasteiger partial charge in [-0.05, 0) is 50.2 Å². The molecule has 0 amide bonds. The summed E-state index contributed by atoms with van der Waals surface area (Å²) in [5.74, 6) is -0.146. The molecule has 110 valence electrons. The van der Waals surface area contributed by atoms with Crippen LogP contribution < -0.4 is 0 Å². The van der Waals surface area contributed by atoms with E-state index in [2.05, 4.69) is 62.4 Å². The lowest BCUT2D eigenvalue weighted by atomic mass is 10.2. The summed E-state index contributed by atoms with van der Waals surface area (Å²) in [4.78, 5) is 3.02. The Bertz CT molecular complexity index is 715. The van der Waals surface area contributed by atoms with Gasteiger partial charge in [-0.15, -0.1) is 0 Å². The first-order chi connectivity index (χ1) is 10.6. The highest BCUT2D eigenvalue weighted by molar-refractivity contribution is 7.97. The maximum atomic E-state index is 14.4. The van der Waals surface area contributed by atoms with Gasteiger partial charge in [0.2, 0.25) is 4.90 Å². The Kier molecular flexibility index (Phi) is 4.30. The van der Waals surface area contributed by atoms with Crippen molar-refractivity contribution in [1.82, 2.24) is 0 Å². The fraction of sp³-hybridized carbons (Fsp3) is 0.100. The monoisotopic (exact) mass is 309 g/mol. The topological polar surface area (TPSA) is 0 Å². The molecule has 0 atom stereocenters. The first-order valence-corrected chi connectivity index (χ1v) is 8.50. The van der Waals surface area contributed by atoms with E-state index < -0.39 is 10.9 Å². The van der Waals surface area contributed by atoms with Gasteiger partial charge in [-0.1, -0.05) is 47.5 Å². The van der Waals surface area contributed by atoms with Crippen LogP contribution in [0.4, 0.5) is 4.39 Å². The molecule has 2 heteroatoms. The molecule has 3 aromatic carbocycles. The van der Waals surface area contributed by atoms with E-state index in [0.29, 0.717) is 0 Å². The summed E-state index contributed by atoms with van der Waals surface area (Å²) in [5.41, 5.74) is 2.43. The minimum absolute atomic E-state index is 0.146. The molecule has 0 aliphatic heterocycles. The second-order valence-electron chi connectivity index (χ2n) is 5.36. The van der Waals surface area contributed by atoms with Crippen LogP contribution in [-0.4, -0.2) is 0 Å². The van der Waals surface area contributed by atoms with Crippen molar-refractivity contribution in [2.45, 2.75) is 28.5 Å². The molecule has 0 aromatic heterocycles. The van der Waals surface area contributed by atoms with Crippen LogP contribution in [0.3, 0.4) is 0 Å². The van der Waals surface area contributed by atoms with Gasteiger partial charge in [0.05, 0.1) is 0 Å². The van der Waals surface area contributed by atoms with E-state index in [-0.39, 0.29) is 5.82 Å². The van der Waals surface area contributed by atoms with Crippen molar-refractivity contribution < 1.29 is 4.39 Å². The Morgan fingerprint density at radius 3 is 1.55 bits per heavy atom. The standard InChI is InChI=1S/C20H18FS/c1-15-7-11-17(12-8-15)22(18-13-9-16(2)10-14-18)20-6-4-3-5-19(20)21/h3-14H,1-2H3/q+1. The molecule has 3 rings (SSSR count). The molecule has 0 aliphatic rings. The van der Waals surface area contributed by atoms with Gasteiger partial charge in [-0.2, -0.15) is 0 Å². The summed E-state index contributed by atoms with van der Waals surface area (Å²) < 4.78 is 14.4. The fourth-order valence-corrected chi connectivity index (χ4v) is 4.42. The molecule has 0 nitrogen and oxygen atoms in total. The van der Waals surface area contributed by atoms with Gasteiger partial charge < -0.3 is 0 Å². The van der Waals surface area contributed by atoms with Crippen molar-refractivity contribution in [2.75, 3.05) is 0 Å². The largest absolute Gasteiger partial charge is 0.202 e. The fourth-order valence-electron chi connectivity index (χ4n) is 2.35. The molecule has 0 saturated carbocycles. The van der Waals surface area contributed by atoms with Gasteiger partial charge in [0.25, 0.3) is 0 Å². The Balaban J connectivity index is 2.16. The molecule has 0 fully saturated rings. The number of hydrogen-bond donors (Lipinski definition) is 0. The molecule has 22 heavy (non-hydrogen) atoms. The quantitative estimate of drug-likeness (QED) is 0.557. The van der Waals surface area contributed by atoms with Gasteiger partial charge in [-0.25, -0.2) is 4.39 Å². The lowest BCUT2D eigenvalue weighted by Crippen LogP contribution is -2.07. The van der Waals surface area contributed by atoms with E-state index in [1.165, 1.54) is 17.2 Å². The summed E-state index contributed by atoms with van der Waals surface area (Å²) in [6, 6.07) is 23.8. The van der Waals surface area contributed by atoms with Gasteiger partial charge in [-0.3, -0.25) is 0 Å². The molecule has 3 aromatic rings. The second kappa shape index (κ2) is 6.37. The van der Waals surface area contributed by atoms with Crippen molar-refractivity contribution in [1.29, 1.82) is 0 Å². The average Bonchev–Trinajstić information content (AvgIpc) is 2.53. The molecule has 0 aliphatic carbocycles. The molecule has 0 heterocycles. The van der Waals surface area contributed by atoms with Crippen LogP contribution in [0, 0.1) is 19.7 Å². The van der Waals surface area contributed by atoms with E-state index >= 15 is 0 Å². The first-order valence-electron chi connectivity index (χ1n) is 7.27. The summed E-state index contributed by atoms with van der Waals surface area (Å²) in [6.07, 6.45) is 0. The summed E-state index contributed by atoms with van der Waals surface area (Å²) in [7, 11) is -0.418. The minimum atomic E-state index is -0.418. The third kappa shape index (κ3) is 3.07. The highest BCUT2D eigenvalue weighted by Crippen LogP contribution is 2.32. The van der Waals surface area contributed by atoms with Crippen LogP contribution in [0.15, 0.2) is 87.5 Å². The van der Waals surface area contributed by atoms with Crippen LogP contribution in [0.2, 0.25) is 0 Å². The zero-order chi connectivity index (χ0) is 15.5. The molecule has 0 unspecified atom stereocenters. The third-order valence-electron chi connectivity index (χ3n) is 3.57. The van der Waals surface area contributed by atoms with Crippen LogP contribution in [0.1, 0.15) is 11.1 Å². The molecule has 0 N–H and O–H groups in total. The van der Waals surface area contributed by atoms with E-state index in [9.17, 15) is 4.39 Å². The number of benzene rings is 3. The molecular formula is C20H18FS+. The number of halogens is 1. The second-order valence-corrected chi connectivity index (χ2v) is 7.36. The molecule has 0 saturated heterocycles. The van der Waals surface area contributed by atoms with Gasteiger partial charge in [0.1, 0.15) is 10.9 Å². The highest BCUT2D eigenvalue weighted by atomic mass is 32.2. The zero-order valence-corrected chi connectivity index (χ0v) is 13.5. The highest BCUT2D eigenvalue weighted by Gasteiger charge is 2.31. The van der Waals surface area contributed by atoms with Crippen LogP contribution in [-0.2, 0) is 10.9 Å². The van der Waals surface area contributed by atoms with Crippen molar-refractivity contribution >= 4 is 10.9 Å². The zero-order valence-electron chi connectivity index (χ0n) is 12.7. The maximum absolute atomic E-state index is 14.4. The predicted molar refractivity (Wildman–Crippen MR) is 90.9 cm³/mol. The number of rotatable bonds is 3. The molecule has 0 spiro atoms. The smallest absolute Gasteiger partial charge is 0.201 e. The predicted octanol–water partition coefficient (Wildman–Crippen LogP) is 5.54. The maximum Gasteiger partial charge on any atom is 0.202 e. The Morgan fingerprint density at radius 1 is 0.636 bits per heavy atom. The molecular weight excluding hydrogens is 291 g/mol. The molecule has 0 bridgehead atoms. The lowest BCUT2D eigenvalue weighted by molar-refractivity contribution is 0.601. The van der Waals surface area contributed by atoms with E-state index in [1.807, 2.05) is 12.1 Å². The van der Waals surface area contributed by atoms with Gasteiger partial charge in [0.15, 0.2) is 15.6 Å². The van der Waals surface area contributed by atoms with Crippen LogP contribution in [0.25, 0.3) is 0 Å². The van der Waals surface area contributed by atoms with Gasteiger partial charge >= 0.3 is 0 Å². The Labute approximate surface area is 134 Å². The Hall–Kier alpha value is -2.06. The summed E-state index contributed by atoms with van der Waals surface area (Å²) in [6.45, 7) is 4.13. The van der Waals surface area contributed by atoms with Crippen LogP contribution in [0.5, 0.6) is 0 Å². The number of aryl methyl sites for hydroxylation is 2. The van der Waals surface area contributed by atoms with Crippen molar-refractivity contribution in [2.24, 2.45) is 0 Å². The lowest BCUT2D eigenvalue weighted by Gasteiger charge is -2.09. The minimum Gasteiger partial charge on any atom is -0.201 e.